The van der Waals surface area contributed by atoms with Gasteiger partial charge in [0.15, 0.2) is 0 Å². The van der Waals surface area contributed by atoms with Gasteiger partial charge in [0.2, 0.25) is 0 Å². The van der Waals surface area contributed by atoms with Crippen molar-refractivity contribution >= 4 is 0 Å². The van der Waals surface area contributed by atoms with E-state index < -0.39 is 0 Å². The molecule has 2 rings (SSSR count). The Bertz CT molecular complexity index is 397. The normalized spacial score (nSPS) is 18.6. The van der Waals surface area contributed by atoms with Gasteiger partial charge in [0.1, 0.15) is 11.9 Å². The highest BCUT2D eigenvalue weighted by atomic mass is 16.6. The lowest BCUT2D eigenvalue weighted by Gasteiger charge is -2.14. The van der Waals surface area contributed by atoms with Crippen molar-refractivity contribution in [3.05, 3.63) is 42.5 Å². The largest absolute Gasteiger partial charge is 0.497 e. The lowest BCUT2D eigenvalue weighted by molar-refractivity contribution is 0.0158. The van der Waals surface area contributed by atoms with Crippen LogP contribution in [0, 0.1) is 0 Å². The van der Waals surface area contributed by atoms with Crippen molar-refractivity contribution in [3.63, 3.8) is 0 Å². The van der Waals surface area contributed by atoms with Crippen LogP contribution in [-0.4, -0.2) is 39.1 Å². The Morgan fingerprint density at radius 2 is 2.15 bits per heavy atom. The number of methoxy groups -OCH3 is 1. The fourth-order valence-electron chi connectivity index (χ4n) is 1.95. The molecule has 1 aliphatic heterocycles. The molecular weight excluding hydrogens is 256 g/mol. The predicted octanol–water partition coefficient (Wildman–Crippen LogP) is 2.57. The van der Waals surface area contributed by atoms with Crippen molar-refractivity contribution < 1.29 is 18.9 Å². The molecule has 1 aromatic carbocycles. The van der Waals surface area contributed by atoms with Gasteiger partial charge in [-0.2, -0.15) is 0 Å². The molecule has 0 spiro atoms. The summed E-state index contributed by atoms with van der Waals surface area (Å²) in [6.45, 7) is 6.27. The summed E-state index contributed by atoms with van der Waals surface area (Å²) in [5.41, 5.74) is 1.14. The van der Waals surface area contributed by atoms with Gasteiger partial charge in [0.25, 0.3) is 0 Å². The van der Waals surface area contributed by atoms with Crippen molar-refractivity contribution in [3.8, 4) is 5.75 Å². The zero-order chi connectivity index (χ0) is 14.2. The minimum absolute atomic E-state index is 0.115. The summed E-state index contributed by atoms with van der Waals surface area (Å²) in [6, 6.07) is 7.89. The van der Waals surface area contributed by atoms with E-state index in [1.807, 2.05) is 24.3 Å². The summed E-state index contributed by atoms with van der Waals surface area (Å²) in [7, 11) is 1.66. The first-order valence-electron chi connectivity index (χ1n) is 6.88. The summed E-state index contributed by atoms with van der Waals surface area (Å²) in [5.74, 6) is 0.859. The molecule has 1 aliphatic rings. The summed E-state index contributed by atoms with van der Waals surface area (Å²) in [4.78, 5) is 0. The minimum Gasteiger partial charge on any atom is -0.497 e. The molecule has 1 fully saturated rings. The molecule has 0 unspecified atom stereocenters. The number of ether oxygens (including phenoxy) is 4. The molecule has 4 heteroatoms. The molecule has 1 aromatic rings. The van der Waals surface area contributed by atoms with Gasteiger partial charge in [-0.1, -0.05) is 18.2 Å². The molecule has 110 valence electrons. The van der Waals surface area contributed by atoms with Gasteiger partial charge >= 0.3 is 0 Å². The third-order valence-electron chi connectivity index (χ3n) is 3.18. The third kappa shape index (κ3) is 4.96. The van der Waals surface area contributed by atoms with Crippen molar-refractivity contribution in [2.75, 3.05) is 26.9 Å². The Morgan fingerprint density at radius 1 is 1.40 bits per heavy atom. The van der Waals surface area contributed by atoms with Crippen LogP contribution < -0.4 is 4.74 Å². The molecule has 0 N–H and O–H groups in total. The van der Waals surface area contributed by atoms with E-state index >= 15 is 0 Å². The van der Waals surface area contributed by atoms with E-state index in [2.05, 4.69) is 6.58 Å². The molecule has 0 saturated carbocycles. The summed E-state index contributed by atoms with van der Waals surface area (Å²) < 4.78 is 21.7. The van der Waals surface area contributed by atoms with Gasteiger partial charge in [0, 0.05) is 6.61 Å². The van der Waals surface area contributed by atoms with Crippen LogP contribution in [0.1, 0.15) is 12.0 Å². The number of hydrogen-bond donors (Lipinski definition) is 0. The highest BCUT2D eigenvalue weighted by molar-refractivity contribution is 5.26. The topological polar surface area (TPSA) is 40.2 Å². The van der Waals surface area contributed by atoms with Gasteiger partial charge in [-0.3, -0.25) is 0 Å². The average Bonchev–Trinajstić information content (AvgIpc) is 3.32. The van der Waals surface area contributed by atoms with Crippen LogP contribution in [-0.2, 0) is 20.8 Å². The van der Waals surface area contributed by atoms with Crippen molar-refractivity contribution in [1.29, 1.82) is 0 Å². The van der Waals surface area contributed by atoms with E-state index in [0.29, 0.717) is 19.8 Å². The second kappa shape index (κ2) is 8.04. The van der Waals surface area contributed by atoms with Crippen LogP contribution >= 0.6 is 0 Å². The van der Waals surface area contributed by atoms with Crippen LogP contribution in [0.25, 0.3) is 0 Å². The quantitative estimate of drug-likeness (QED) is 0.375. The molecule has 4 nitrogen and oxygen atoms in total. The minimum atomic E-state index is 0.115. The Hall–Kier alpha value is -1.36. The summed E-state index contributed by atoms with van der Waals surface area (Å²) in [6.07, 6.45) is 2.95. The number of epoxide rings is 1. The van der Waals surface area contributed by atoms with E-state index in [1.54, 1.807) is 13.2 Å². The van der Waals surface area contributed by atoms with E-state index in [9.17, 15) is 0 Å². The predicted molar refractivity (Wildman–Crippen MR) is 76.9 cm³/mol. The molecule has 1 saturated heterocycles. The molecule has 0 amide bonds. The lowest BCUT2D eigenvalue weighted by atomic mass is 10.2. The molecule has 2 atom stereocenters. The molecule has 0 radical (unpaired) electrons. The van der Waals surface area contributed by atoms with Crippen LogP contribution in [0.5, 0.6) is 5.75 Å². The molecule has 0 aromatic heterocycles. The zero-order valence-electron chi connectivity index (χ0n) is 11.9. The zero-order valence-corrected chi connectivity index (χ0v) is 11.9. The van der Waals surface area contributed by atoms with E-state index in [1.165, 1.54) is 0 Å². The first kappa shape index (κ1) is 15.0. The van der Waals surface area contributed by atoms with Crippen molar-refractivity contribution in [1.82, 2.24) is 0 Å². The van der Waals surface area contributed by atoms with Gasteiger partial charge in [-0.15, -0.1) is 6.58 Å². The van der Waals surface area contributed by atoms with E-state index in [0.717, 1.165) is 24.3 Å². The average molecular weight is 278 g/mol. The van der Waals surface area contributed by atoms with Crippen LogP contribution in [0.15, 0.2) is 36.9 Å². The van der Waals surface area contributed by atoms with Gasteiger partial charge in [-0.25, -0.2) is 0 Å². The summed E-state index contributed by atoms with van der Waals surface area (Å²) >= 11 is 0. The monoisotopic (exact) mass is 278 g/mol. The number of rotatable bonds is 10. The number of hydrogen-bond acceptors (Lipinski definition) is 4. The van der Waals surface area contributed by atoms with Gasteiger partial charge in [-0.05, 0) is 24.1 Å². The fraction of sp³-hybridized carbons (Fsp3) is 0.500. The summed E-state index contributed by atoms with van der Waals surface area (Å²) in [5, 5.41) is 0. The smallest absolute Gasteiger partial charge is 0.118 e. The van der Waals surface area contributed by atoms with Crippen LogP contribution in [0.3, 0.4) is 0 Å². The maximum atomic E-state index is 5.68. The molecule has 0 bridgehead atoms. The SMILES string of the molecule is C=CCO[C@@H](CCOCc1ccc(OC)cc1)[C@H]1CO1. The van der Waals surface area contributed by atoms with E-state index in [-0.39, 0.29) is 12.2 Å². The van der Waals surface area contributed by atoms with Crippen LogP contribution in [0.2, 0.25) is 0 Å². The Morgan fingerprint density at radius 3 is 2.75 bits per heavy atom. The first-order chi connectivity index (χ1) is 9.83. The van der Waals surface area contributed by atoms with Crippen molar-refractivity contribution in [2.45, 2.75) is 25.2 Å². The van der Waals surface area contributed by atoms with Crippen LogP contribution in [0.4, 0.5) is 0 Å². The van der Waals surface area contributed by atoms with Crippen molar-refractivity contribution in [2.24, 2.45) is 0 Å². The van der Waals surface area contributed by atoms with E-state index in [4.69, 9.17) is 18.9 Å². The second-order valence-corrected chi connectivity index (χ2v) is 4.72. The van der Waals surface area contributed by atoms with Gasteiger partial charge < -0.3 is 18.9 Å². The maximum absolute atomic E-state index is 5.68. The van der Waals surface area contributed by atoms with Gasteiger partial charge in [0.05, 0.1) is 33.0 Å². The highest BCUT2D eigenvalue weighted by Gasteiger charge is 2.32. The standard InChI is InChI=1S/C16H22O4/c1-3-9-19-15(16-12-20-16)8-10-18-11-13-4-6-14(17-2)7-5-13/h3-7,15-16H,1,8-12H2,2H3/t15-,16+/m0/s1. The second-order valence-electron chi connectivity index (χ2n) is 4.72. The third-order valence-corrected chi connectivity index (χ3v) is 3.18. The Kier molecular flexibility index (Phi) is 6.05. The lowest BCUT2D eigenvalue weighted by Crippen LogP contribution is -2.22. The molecule has 20 heavy (non-hydrogen) atoms. The maximum Gasteiger partial charge on any atom is 0.118 e. The molecular formula is C16H22O4. The highest BCUT2D eigenvalue weighted by Crippen LogP contribution is 2.20. The molecule has 1 heterocycles. The first-order valence-corrected chi connectivity index (χ1v) is 6.88. The fourth-order valence-corrected chi connectivity index (χ4v) is 1.95. The molecule has 0 aliphatic carbocycles. The Labute approximate surface area is 120 Å². The number of benzene rings is 1. The Balaban J connectivity index is 1.65.